The van der Waals surface area contributed by atoms with Gasteiger partial charge in [0.05, 0.1) is 11.6 Å². The fourth-order valence-corrected chi connectivity index (χ4v) is 2.55. The molecule has 1 fully saturated rings. The Morgan fingerprint density at radius 2 is 2.17 bits per heavy atom. The molecule has 1 amide bonds. The lowest BCUT2D eigenvalue weighted by atomic mass is 9.71. The van der Waals surface area contributed by atoms with Gasteiger partial charge in [0.25, 0.3) is 0 Å². The summed E-state index contributed by atoms with van der Waals surface area (Å²) in [7, 11) is 0. The molecular weight excluding hydrogens is 316 g/mol. The van der Waals surface area contributed by atoms with Crippen molar-refractivity contribution in [3.05, 3.63) is 34.3 Å². The van der Waals surface area contributed by atoms with Crippen LogP contribution in [0.2, 0.25) is 0 Å². The van der Waals surface area contributed by atoms with Crippen LogP contribution in [0.5, 0.6) is 0 Å². The number of amides is 1. The van der Waals surface area contributed by atoms with Crippen LogP contribution in [-0.4, -0.2) is 11.9 Å². The fraction of sp³-hybridized carbons (Fsp3) is 0.462. The van der Waals surface area contributed by atoms with Crippen LogP contribution in [0.1, 0.15) is 31.7 Å². The molecule has 1 atom stereocenters. The van der Waals surface area contributed by atoms with Crippen LogP contribution >= 0.6 is 28.3 Å². The van der Waals surface area contributed by atoms with E-state index >= 15 is 0 Å². The zero-order valence-corrected chi connectivity index (χ0v) is 12.7. The minimum absolute atomic E-state index is 0. The summed E-state index contributed by atoms with van der Waals surface area (Å²) < 4.78 is 1.04. The molecule has 0 saturated heterocycles. The zero-order chi connectivity index (χ0) is 12.5. The third-order valence-corrected chi connectivity index (χ3v) is 3.85. The molecule has 0 aromatic heterocycles. The second-order valence-corrected chi connectivity index (χ2v) is 5.64. The van der Waals surface area contributed by atoms with Gasteiger partial charge in [0, 0.05) is 4.47 Å². The van der Waals surface area contributed by atoms with Crippen LogP contribution in [0, 0.1) is 0 Å². The first-order valence-electron chi connectivity index (χ1n) is 5.87. The van der Waals surface area contributed by atoms with Crippen molar-refractivity contribution in [3.63, 3.8) is 0 Å². The Balaban J connectivity index is 0.00000162. The van der Waals surface area contributed by atoms with Crippen molar-refractivity contribution in [1.29, 1.82) is 0 Å². The molecule has 0 radical (unpaired) electrons. The van der Waals surface area contributed by atoms with Crippen molar-refractivity contribution < 1.29 is 4.79 Å². The Morgan fingerprint density at radius 3 is 2.61 bits per heavy atom. The smallest absolute Gasteiger partial charge is 0.237 e. The van der Waals surface area contributed by atoms with Gasteiger partial charge in [-0.05, 0) is 43.9 Å². The summed E-state index contributed by atoms with van der Waals surface area (Å²) in [5, 5.41) is 3.09. The summed E-state index contributed by atoms with van der Waals surface area (Å²) in [5.74, 6) is -0.0790. The van der Waals surface area contributed by atoms with Gasteiger partial charge in [-0.25, -0.2) is 0 Å². The maximum atomic E-state index is 11.8. The molecule has 0 bridgehead atoms. The van der Waals surface area contributed by atoms with Crippen molar-refractivity contribution >= 4 is 34.2 Å². The van der Waals surface area contributed by atoms with Gasteiger partial charge in [0.1, 0.15) is 0 Å². The number of benzene rings is 1. The molecule has 1 saturated carbocycles. The zero-order valence-electron chi connectivity index (χ0n) is 10.3. The van der Waals surface area contributed by atoms with Gasteiger partial charge in [0.2, 0.25) is 5.91 Å². The molecule has 3 nitrogen and oxygen atoms in total. The van der Waals surface area contributed by atoms with Crippen molar-refractivity contribution in [2.45, 2.75) is 37.8 Å². The number of nitrogens with two attached hydrogens (primary N) is 1. The lowest BCUT2D eigenvalue weighted by Crippen LogP contribution is -2.54. The molecule has 0 aliphatic heterocycles. The van der Waals surface area contributed by atoms with Crippen LogP contribution in [0.4, 0.5) is 0 Å². The first-order valence-corrected chi connectivity index (χ1v) is 6.66. The molecule has 3 N–H and O–H groups in total. The van der Waals surface area contributed by atoms with Gasteiger partial charge >= 0.3 is 0 Å². The third kappa shape index (κ3) is 3.05. The van der Waals surface area contributed by atoms with E-state index in [-0.39, 0.29) is 23.9 Å². The normalized spacial score (nSPS) is 18.2. The Morgan fingerprint density at radius 1 is 1.50 bits per heavy atom. The van der Waals surface area contributed by atoms with Crippen molar-refractivity contribution in [3.8, 4) is 0 Å². The third-order valence-electron chi connectivity index (χ3n) is 3.36. The molecule has 1 aliphatic rings. The topological polar surface area (TPSA) is 55.1 Å². The van der Waals surface area contributed by atoms with Gasteiger partial charge in [-0.2, -0.15) is 0 Å². The summed E-state index contributed by atoms with van der Waals surface area (Å²) in [4.78, 5) is 11.8. The van der Waals surface area contributed by atoms with Crippen LogP contribution < -0.4 is 11.1 Å². The quantitative estimate of drug-likeness (QED) is 0.893. The monoisotopic (exact) mass is 332 g/mol. The molecule has 1 aromatic rings. The standard InChI is InChI=1S/C13H17BrN2O.ClH/c1-9(15)12(17)16-13(6-3-7-13)10-4-2-5-11(14)8-10;/h2,4-5,8-9H,3,6-7,15H2,1H3,(H,16,17);1H/t9-;/m1./s1. The Labute approximate surface area is 122 Å². The maximum Gasteiger partial charge on any atom is 0.237 e. The molecule has 0 unspecified atom stereocenters. The average Bonchev–Trinajstić information content (AvgIpc) is 2.22. The predicted molar refractivity (Wildman–Crippen MR) is 78.7 cm³/mol. The second-order valence-electron chi connectivity index (χ2n) is 4.72. The van der Waals surface area contributed by atoms with E-state index in [2.05, 4.69) is 33.4 Å². The van der Waals surface area contributed by atoms with E-state index in [0.717, 1.165) is 29.3 Å². The van der Waals surface area contributed by atoms with Gasteiger partial charge in [-0.1, -0.05) is 28.1 Å². The van der Waals surface area contributed by atoms with Crippen LogP contribution in [0.3, 0.4) is 0 Å². The lowest BCUT2D eigenvalue weighted by Gasteiger charge is -2.43. The highest BCUT2D eigenvalue weighted by atomic mass is 79.9. The summed E-state index contributed by atoms with van der Waals surface area (Å²) >= 11 is 3.47. The highest BCUT2D eigenvalue weighted by Gasteiger charge is 2.40. The SMILES string of the molecule is C[C@@H](N)C(=O)NC1(c2cccc(Br)c2)CCC1.Cl. The molecule has 2 rings (SSSR count). The molecule has 1 aromatic carbocycles. The molecule has 1 aliphatic carbocycles. The molecule has 0 heterocycles. The van der Waals surface area contributed by atoms with Crippen LogP contribution in [0.15, 0.2) is 28.7 Å². The van der Waals surface area contributed by atoms with Crippen molar-refractivity contribution in [1.82, 2.24) is 5.32 Å². The van der Waals surface area contributed by atoms with Gasteiger partial charge in [-0.15, -0.1) is 12.4 Å². The van der Waals surface area contributed by atoms with Crippen molar-refractivity contribution in [2.24, 2.45) is 5.73 Å². The van der Waals surface area contributed by atoms with Crippen molar-refractivity contribution in [2.75, 3.05) is 0 Å². The Hall–Kier alpha value is -0.580. The van der Waals surface area contributed by atoms with E-state index in [1.165, 1.54) is 0 Å². The molecular formula is C13H18BrClN2O. The van der Waals surface area contributed by atoms with E-state index in [1.54, 1.807) is 6.92 Å². The summed E-state index contributed by atoms with van der Waals surface area (Å²) in [6.07, 6.45) is 3.12. The molecule has 18 heavy (non-hydrogen) atoms. The summed E-state index contributed by atoms with van der Waals surface area (Å²) in [5.41, 5.74) is 6.57. The van der Waals surface area contributed by atoms with Crippen LogP contribution in [0.25, 0.3) is 0 Å². The van der Waals surface area contributed by atoms with E-state index in [4.69, 9.17) is 5.73 Å². The Bertz CT molecular complexity index is 433. The largest absolute Gasteiger partial charge is 0.345 e. The fourth-order valence-electron chi connectivity index (χ4n) is 2.15. The van der Waals surface area contributed by atoms with Gasteiger partial charge in [0.15, 0.2) is 0 Å². The highest BCUT2D eigenvalue weighted by molar-refractivity contribution is 9.10. The lowest BCUT2D eigenvalue weighted by molar-refractivity contribution is -0.125. The summed E-state index contributed by atoms with van der Waals surface area (Å²) in [6, 6.07) is 7.66. The molecule has 5 heteroatoms. The van der Waals surface area contributed by atoms with E-state index in [0.29, 0.717) is 0 Å². The van der Waals surface area contributed by atoms with Gasteiger partial charge in [-0.3, -0.25) is 4.79 Å². The first kappa shape index (κ1) is 15.5. The minimum atomic E-state index is -0.459. The number of carbonyl (C=O) groups is 1. The summed E-state index contributed by atoms with van der Waals surface area (Å²) in [6.45, 7) is 1.71. The van der Waals surface area contributed by atoms with Crippen LogP contribution in [-0.2, 0) is 10.3 Å². The van der Waals surface area contributed by atoms with E-state index in [9.17, 15) is 4.79 Å². The number of nitrogens with one attached hydrogen (secondary N) is 1. The minimum Gasteiger partial charge on any atom is -0.345 e. The number of halogens is 2. The predicted octanol–water partition coefficient (Wildman–Crippen LogP) is 2.71. The van der Waals surface area contributed by atoms with E-state index < -0.39 is 6.04 Å². The number of rotatable bonds is 3. The molecule has 100 valence electrons. The second kappa shape index (κ2) is 6.04. The average molecular weight is 334 g/mol. The van der Waals surface area contributed by atoms with Gasteiger partial charge < -0.3 is 11.1 Å². The number of carbonyl (C=O) groups excluding carboxylic acids is 1. The highest BCUT2D eigenvalue weighted by Crippen LogP contribution is 2.41. The van der Waals surface area contributed by atoms with E-state index in [1.807, 2.05) is 12.1 Å². The Kier molecular flexibility index (Phi) is 5.20. The number of hydrogen-bond donors (Lipinski definition) is 2. The first-order chi connectivity index (χ1) is 8.03. The maximum absolute atomic E-state index is 11.8. The number of hydrogen-bond acceptors (Lipinski definition) is 2. The molecule has 0 spiro atoms.